The smallest absolute Gasteiger partial charge is 0.244 e. The molecule has 0 amide bonds. The van der Waals surface area contributed by atoms with E-state index < -0.39 is 11.8 Å². The predicted octanol–water partition coefficient (Wildman–Crippen LogP) is 5.68. The van der Waals surface area contributed by atoms with E-state index in [2.05, 4.69) is 20.8 Å². The van der Waals surface area contributed by atoms with E-state index in [1.54, 1.807) is 0 Å². The highest BCUT2D eigenvalue weighted by atomic mass is 19.3. The zero-order valence-corrected chi connectivity index (χ0v) is 14.9. The number of rotatable bonds is 5. The molecule has 5 fully saturated rings. The van der Waals surface area contributed by atoms with Gasteiger partial charge in [0, 0.05) is 12.0 Å². The van der Waals surface area contributed by atoms with E-state index in [1.165, 1.54) is 32.1 Å². The minimum absolute atomic E-state index is 0.182. The number of hydrogen-bond acceptors (Lipinski definition) is 1. The lowest BCUT2D eigenvalue weighted by Gasteiger charge is -2.73. The van der Waals surface area contributed by atoms with Gasteiger partial charge in [-0.05, 0) is 80.5 Å². The molecule has 132 valence electrons. The Morgan fingerprint density at radius 1 is 1.00 bits per heavy atom. The molecule has 0 N–H and O–H groups in total. The van der Waals surface area contributed by atoms with E-state index in [0.29, 0.717) is 5.92 Å². The van der Waals surface area contributed by atoms with Gasteiger partial charge in [-0.3, -0.25) is 0 Å². The number of halogens is 2. The van der Waals surface area contributed by atoms with E-state index in [-0.39, 0.29) is 11.0 Å². The van der Waals surface area contributed by atoms with Crippen LogP contribution in [-0.2, 0) is 4.74 Å². The van der Waals surface area contributed by atoms with Crippen molar-refractivity contribution in [3.63, 3.8) is 0 Å². The highest BCUT2D eigenvalue weighted by Crippen LogP contribution is 2.78. The standard InChI is InChI=1S/C20H32F2O/c1-13(2)16-4-5-23-20(9-16)7-15(8-20)6-14(3)18-10-19(11-18,12-18)17(21)22/h13-17H,4-12H2,1-3H3. The molecule has 5 rings (SSSR count). The first-order valence-corrected chi connectivity index (χ1v) is 9.70. The van der Waals surface area contributed by atoms with Crippen molar-refractivity contribution in [1.29, 1.82) is 0 Å². The van der Waals surface area contributed by atoms with Crippen molar-refractivity contribution in [1.82, 2.24) is 0 Å². The maximum absolute atomic E-state index is 13.0. The Morgan fingerprint density at radius 3 is 2.22 bits per heavy atom. The molecule has 5 aliphatic rings. The molecule has 4 aliphatic carbocycles. The number of ether oxygens (including phenoxy) is 1. The summed E-state index contributed by atoms with van der Waals surface area (Å²) in [5, 5.41) is 0. The number of alkyl halides is 2. The minimum atomic E-state index is -2.09. The predicted molar refractivity (Wildman–Crippen MR) is 87.5 cm³/mol. The SMILES string of the molecule is CC(C)C1CCOC2(CC(CC(C)C34CC(C(F)F)(C3)C4)C2)C1. The van der Waals surface area contributed by atoms with Crippen LogP contribution in [0.2, 0.25) is 0 Å². The van der Waals surface area contributed by atoms with Gasteiger partial charge in [0.15, 0.2) is 0 Å². The van der Waals surface area contributed by atoms with E-state index in [0.717, 1.165) is 43.6 Å². The first-order valence-electron chi connectivity index (χ1n) is 9.70. The Labute approximate surface area is 139 Å². The van der Waals surface area contributed by atoms with Gasteiger partial charge < -0.3 is 4.74 Å². The second-order valence-corrected chi connectivity index (χ2v) is 10.00. The molecular formula is C20H32F2O. The van der Waals surface area contributed by atoms with Crippen LogP contribution in [0.5, 0.6) is 0 Å². The second kappa shape index (κ2) is 5.16. The molecule has 4 saturated carbocycles. The first kappa shape index (κ1) is 16.3. The van der Waals surface area contributed by atoms with Crippen LogP contribution in [0.4, 0.5) is 8.78 Å². The average molecular weight is 326 g/mol. The summed E-state index contributed by atoms with van der Waals surface area (Å²) in [6, 6.07) is 0. The van der Waals surface area contributed by atoms with Crippen molar-refractivity contribution >= 4 is 0 Å². The van der Waals surface area contributed by atoms with E-state index in [9.17, 15) is 8.78 Å². The van der Waals surface area contributed by atoms with Crippen molar-refractivity contribution in [2.45, 2.75) is 84.2 Å². The van der Waals surface area contributed by atoms with Crippen molar-refractivity contribution in [2.24, 2.45) is 34.5 Å². The molecule has 2 bridgehead atoms. The Hall–Kier alpha value is -0.180. The zero-order valence-electron chi connectivity index (χ0n) is 14.9. The summed E-state index contributed by atoms with van der Waals surface area (Å²) < 4.78 is 32.2. The van der Waals surface area contributed by atoms with Gasteiger partial charge in [-0.1, -0.05) is 20.8 Å². The van der Waals surface area contributed by atoms with Gasteiger partial charge in [0.1, 0.15) is 0 Å². The fourth-order valence-electron chi connectivity index (χ4n) is 6.53. The molecule has 0 radical (unpaired) electrons. The molecule has 0 aromatic rings. The average Bonchev–Trinajstić information content (AvgIpc) is 2.33. The van der Waals surface area contributed by atoms with Crippen LogP contribution in [0.25, 0.3) is 0 Å². The Kier molecular flexibility index (Phi) is 3.66. The maximum atomic E-state index is 13.0. The summed E-state index contributed by atoms with van der Waals surface area (Å²) in [5.41, 5.74) is -0.0969. The lowest BCUT2D eigenvalue weighted by atomic mass is 9.31. The fraction of sp³-hybridized carbons (Fsp3) is 1.00. The van der Waals surface area contributed by atoms with Gasteiger partial charge in [-0.2, -0.15) is 0 Å². The monoisotopic (exact) mass is 326 g/mol. The van der Waals surface area contributed by atoms with Crippen LogP contribution in [0.1, 0.15) is 72.1 Å². The normalized spacial score (nSPS) is 49.7. The molecule has 23 heavy (non-hydrogen) atoms. The zero-order chi connectivity index (χ0) is 16.5. The number of hydrogen-bond donors (Lipinski definition) is 0. The third-order valence-corrected chi connectivity index (χ3v) is 8.10. The fourth-order valence-corrected chi connectivity index (χ4v) is 6.53. The van der Waals surface area contributed by atoms with Crippen molar-refractivity contribution in [2.75, 3.05) is 6.61 Å². The van der Waals surface area contributed by atoms with E-state index in [1.807, 2.05) is 0 Å². The van der Waals surface area contributed by atoms with Gasteiger partial charge in [-0.25, -0.2) is 8.78 Å². The highest BCUT2D eigenvalue weighted by Gasteiger charge is 2.73. The Bertz CT molecular complexity index is 446. The molecule has 0 aromatic heterocycles. The molecule has 2 unspecified atom stereocenters. The van der Waals surface area contributed by atoms with Crippen molar-refractivity contribution in [3.8, 4) is 0 Å². The van der Waals surface area contributed by atoms with Gasteiger partial charge in [0.2, 0.25) is 6.43 Å². The molecule has 1 saturated heterocycles. The van der Waals surface area contributed by atoms with Crippen LogP contribution >= 0.6 is 0 Å². The molecule has 1 aliphatic heterocycles. The Morgan fingerprint density at radius 2 is 1.65 bits per heavy atom. The van der Waals surface area contributed by atoms with Crippen LogP contribution in [-0.4, -0.2) is 18.6 Å². The van der Waals surface area contributed by atoms with Crippen molar-refractivity contribution in [3.05, 3.63) is 0 Å². The summed E-state index contributed by atoms with van der Waals surface area (Å²) in [6.45, 7) is 7.93. The van der Waals surface area contributed by atoms with Crippen LogP contribution < -0.4 is 0 Å². The van der Waals surface area contributed by atoms with Crippen molar-refractivity contribution < 1.29 is 13.5 Å². The van der Waals surface area contributed by atoms with Gasteiger partial charge in [0.05, 0.1) is 5.60 Å². The first-order chi connectivity index (χ1) is 10.8. The van der Waals surface area contributed by atoms with Gasteiger partial charge in [0.25, 0.3) is 0 Å². The molecule has 1 spiro atoms. The molecule has 2 atom stereocenters. The molecular weight excluding hydrogens is 294 g/mol. The lowest BCUT2D eigenvalue weighted by Crippen LogP contribution is -2.67. The summed E-state index contributed by atoms with van der Waals surface area (Å²) in [5.74, 6) is 2.98. The van der Waals surface area contributed by atoms with Crippen LogP contribution in [0.15, 0.2) is 0 Å². The van der Waals surface area contributed by atoms with Crippen LogP contribution in [0.3, 0.4) is 0 Å². The summed E-state index contributed by atoms with van der Waals surface area (Å²) in [6.07, 6.45) is 6.43. The van der Waals surface area contributed by atoms with E-state index in [4.69, 9.17) is 4.74 Å². The maximum Gasteiger partial charge on any atom is 0.244 e. The summed E-state index contributed by atoms with van der Waals surface area (Å²) in [4.78, 5) is 0. The topological polar surface area (TPSA) is 9.23 Å². The van der Waals surface area contributed by atoms with E-state index >= 15 is 0 Å². The quantitative estimate of drug-likeness (QED) is 0.631. The van der Waals surface area contributed by atoms with Gasteiger partial charge >= 0.3 is 0 Å². The molecule has 1 heterocycles. The molecule has 0 aromatic carbocycles. The molecule has 1 nitrogen and oxygen atoms in total. The van der Waals surface area contributed by atoms with Crippen LogP contribution in [0, 0.1) is 34.5 Å². The highest BCUT2D eigenvalue weighted by molar-refractivity contribution is 5.20. The summed E-state index contributed by atoms with van der Waals surface area (Å²) in [7, 11) is 0. The van der Waals surface area contributed by atoms with Gasteiger partial charge in [-0.15, -0.1) is 0 Å². The minimum Gasteiger partial charge on any atom is -0.375 e. The second-order valence-electron chi connectivity index (χ2n) is 10.00. The lowest BCUT2D eigenvalue weighted by molar-refractivity contribution is -0.291. The Balaban J connectivity index is 1.26. The third-order valence-electron chi connectivity index (χ3n) is 8.10. The third kappa shape index (κ3) is 2.40. The largest absolute Gasteiger partial charge is 0.375 e. The summed E-state index contributed by atoms with van der Waals surface area (Å²) >= 11 is 0. The molecule has 3 heteroatoms.